The van der Waals surface area contributed by atoms with E-state index in [0.717, 1.165) is 6.26 Å². The Hall–Kier alpha value is -2.38. The number of rotatable bonds is 1. The number of carbonyl (C=O) groups excluding carboxylic acids is 1. The standard InChI is InChI=1S/C13H9NO3/c14-5-1-2-9-3-4-12-11(6-9)13(16)10(7-15)8-17-12/h3-4,6-8H,5,14H2. The molecule has 2 aromatic rings. The summed E-state index contributed by atoms with van der Waals surface area (Å²) in [4.78, 5) is 22.4. The van der Waals surface area contributed by atoms with Crippen LogP contribution in [0.4, 0.5) is 0 Å². The molecular weight excluding hydrogens is 218 g/mol. The van der Waals surface area contributed by atoms with Crippen LogP contribution in [0.3, 0.4) is 0 Å². The third-order valence-corrected chi connectivity index (χ3v) is 2.26. The van der Waals surface area contributed by atoms with E-state index in [4.69, 9.17) is 10.2 Å². The van der Waals surface area contributed by atoms with Crippen LogP contribution in [0.5, 0.6) is 0 Å². The van der Waals surface area contributed by atoms with Crippen molar-refractivity contribution in [2.75, 3.05) is 6.54 Å². The lowest BCUT2D eigenvalue weighted by atomic mass is 10.1. The van der Waals surface area contributed by atoms with Gasteiger partial charge in [0.25, 0.3) is 0 Å². The number of aldehydes is 1. The van der Waals surface area contributed by atoms with Gasteiger partial charge >= 0.3 is 0 Å². The fraction of sp³-hybridized carbons (Fsp3) is 0.0769. The van der Waals surface area contributed by atoms with E-state index in [0.29, 0.717) is 22.8 Å². The summed E-state index contributed by atoms with van der Waals surface area (Å²) < 4.78 is 5.17. The molecule has 2 N–H and O–H groups in total. The van der Waals surface area contributed by atoms with E-state index >= 15 is 0 Å². The lowest BCUT2D eigenvalue weighted by molar-refractivity contribution is 0.112. The van der Waals surface area contributed by atoms with Gasteiger partial charge in [-0.3, -0.25) is 9.59 Å². The van der Waals surface area contributed by atoms with E-state index < -0.39 is 0 Å². The molecule has 0 fully saturated rings. The Balaban J connectivity index is 2.70. The van der Waals surface area contributed by atoms with Crippen molar-refractivity contribution in [2.24, 2.45) is 5.73 Å². The molecule has 84 valence electrons. The minimum absolute atomic E-state index is 0.00133. The van der Waals surface area contributed by atoms with Crippen molar-refractivity contribution in [1.29, 1.82) is 0 Å². The van der Waals surface area contributed by atoms with Gasteiger partial charge in [0.2, 0.25) is 5.43 Å². The lowest BCUT2D eigenvalue weighted by Crippen LogP contribution is -2.07. The van der Waals surface area contributed by atoms with Crippen molar-refractivity contribution in [3.63, 3.8) is 0 Å². The predicted molar refractivity (Wildman–Crippen MR) is 63.8 cm³/mol. The maximum atomic E-state index is 11.8. The van der Waals surface area contributed by atoms with Gasteiger partial charge in [-0.05, 0) is 18.2 Å². The van der Waals surface area contributed by atoms with Crippen LogP contribution < -0.4 is 11.2 Å². The van der Waals surface area contributed by atoms with Gasteiger partial charge in [0.1, 0.15) is 11.8 Å². The van der Waals surface area contributed by atoms with E-state index in [2.05, 4.69) is 11.8 Å². The van der Waals surface area contributed by atoms with Gasteiger partial charge < -0.3 is 10.2 Å². The van der Waals surface area contributed by atoms with Gasteiger partial charge in [0.15, 0.2) is 6.29 Å². The molecule has 0 aliphatic carbocycles. The molecule has 0 aliphatic heterocycles. The molecule has 1 heterocycles. The monoisotopic (exact) mass is 227 g/mol. The second kappa shape index (κ2) is 4.64. The number of hydrogen-bond acceptors (Lipinski definition) is 4. The largest absolute Gasteiger partial charge is 0.463 e. The van der Waals surface area contributed by atoms with Crippen LogP contribution in [0, 0.1) is 11.8 Å². The van der Waals surface area contributed by atoms with Gasteiger partial charge in [-0.15, -0.1) is 0 Å². The van der Waals surface area contributed by atoms with E-state index in [1.165, 1.54) is 0 Å². The van der Waals surface area contributed by atoms with Gasteiger partial charge in [0, 0.05) is 5.56 Å². The summed E-state index contributed by atoms with van der Waals surface area (Å²) in [7, 11) is 0. The molecular formula is C13H9NO3. The van der Waals surface area contributed by atoms with Crippen molar-refractivity contribution in [3.8, 4) is 11.8 Å². The van der Waals surface area contributed by atoms with Crippen molar-refractivity contribution < 1.29 is 9.21 Å². The van der Waals surface area contributed by atoms with Crippen LogP contribution in [0.25, 0.3) is 11.0 Å². The normalized spacial score (nSPS) is 9.71. The first-order chi connectivity index (χ1) is 8.26. The topological polar surface area (TPSA) is 73.3 Å². The highest BCUT2D eigenvalue weighted by Gasteiger charge is 2.06. The first-order valence-corrected chi connectivity index (χ1v) is 4.96. The number of benzene rings is 1. The Morgan fingerprint density at radius 1 is 1.41 bits per heavy atom. The summed E-state index contributed by atoms with van der Waals surface area (Å²) in [6.45, 7) is 0.251. The lowest BCUT2D eigenvalue weighted by Gasteiger charge is -1.97. The van der Waals surface area contributed by atoms with Gasteiger partial charge in [0.05, 0.1) is 17.5 Å². The molecule has 0 unspecified atom stereocenters. The van der Waals surface area contributed by atoms with Crippen LogP contribution in [0.2, 0.25) is 0 Å². The maximum Gasteiger partial charge on any atom is 0.203 e. The maximum absolute atomic E-state index is 11.8. The van der Waals surface area contributed by atoms with Crippen LogP contribution in [0.15, 0.2) is 33.7 Å². The Kier molecular flexibility index (Phi) is 3.03. The van der Waals surface area contributed by atoms with E-state index in [1.54, 1.807) is 18.2 Å². The molecule has 0 saturated carbocycles. The molecule has 1 aromatic carbocycles. The van der Waals surface area contributed by atoms with Crippen LogP contribution in [-0.4, -0.2) is 12.8 Å². The number of carbonyl (C=O) groups is 1. The summed E-state index contributed by atoms with van der Waals surface area (Å²) in [5.41, 5.74) is 6.01. The fourth-order valence-corrected chi connectivity index (χ4v) is 1.46. The number of hydrogen-bond donors (Lipinski definition) is 1. The molecule has 0 spiro atoms. The van der Waals surface area contributed by atoms with E-state index in [9.17, 15) is 9.59 Å². The zero-order chi connectivity index (χ0) is 12.3. The SMILES string of the molecule is NCC#Cc1ccc2occ(C=O)c(=O)c2c1. The average Bonchev–Trinajstić information content (AvgIpc) is 2.37. The van der Waals surface area contributed by atoms with Gasteiger partial charge in [-0.1, -0.05) is 11.8 Å². The third-order valence-electron chi connectivity index (χ3n) is 2.26. The molecule has 0 radical (unpaired) electrons. The zero-order valence-electron chi connectivity index (χ0n) is 8.90. The highest BCUT2D eigenvalue weighted by atomic mass is 16.3. The molecule has 4 nitrogen and oxygen atoms in total. The smallest absolute Gasteiger partial charge is 0.203 e. The molecule has 2 rings (SSSR count). The van der Waals surface area contributed by atoms with E-state index in [-0.39, 0.29) is 17.5 Å². The van der Waals surface area contributed by atoms with Crippen molar-refractivity contribution >= 4 is 17.3 Å². The predicted octanol–water partition coefficient (Wildman–Crippen LogP) is 0.916. The number of nitrogens with two attached hydrogens (primary N) is 1. The molecule has 0 atom stereocenters. The molecule has 0 bridgehead atoms. The van der Waals surface area contributed by atoms with Crippen LogP contribution in [-0.2, 0) is 0 Å². The first-order valence-electron chi connectivity index (χ1n) is 4.96. The highest BCUT2D eigenvalue weighted by Crippen LogP contribution is 2.12. The quantitative estimate of drug-likeness (QED) is 0.580. The van der Waals surface area contributed by atoms with Crippen molar-refractivity contribution in [2.45, 2.75) is 0 Å². The minimum Gasteiger partial charge on any atom is -0.463 e. The van der Waals surface area contributed by atoms with E-state index in [1.807, 2.05) is 0 Å². The Labute approximate surface area is 97.0 Å². The molecule has 4 heteroatoms. The summed E-state index contributed by atoms with van der Waals surface area (Å²) >= 11 is 0. The number of fused-ring (bicyclic) bond motifs is 1. The van der Waals surface area contributed by atoms with Crippen LogP contribution >= 0.6 is 0 Å². The molecule has 0 aliphatic rings. The Bertz CT molecular complexity index is 689. The van der Waals surface area contributed by atoms with Crippen molar-refractivity contribution in [1.82, 2.24) is 0 Å². The zero-order valence-corrected chi connectivity index (χ0v) is 8.90. The molecule has 0 saturated heterocycles. The Morgan fingerprint density at radius 2 is 2.24 bits per heavy atom. The van der Waals surface area contributed by atoms with Crippen LogP contribution in [0.1, 0.15) is 15.9 Å². The molecule has 17 heavy (non-hydrogen) atoms. The summed E-state index contributed by atoms with van der Waals surface area (Å²) in [5, 5.41) is 0.346. The second-order valence-corrected chi connectivity index (χ2v) is 3.35. The average molecular weight is 227 g/mol. The first kappa shape index (κ1) is 11.1. The molecule has 0 amide bonds. The highest BCUT2D eigenvalue weighted by molar-refractivity contribution is 5.84. The van der Waals surface area contributed by atoms with Gasteiger partial charge in [-0.2, -0.15) is 0 Å². The summed E-state index contributed by atoms with van der Waals surface area (Å²) in [6, 6.07) is 4.97. The summed E-state index contributed by atoms with van der Waals surface area (Å²) in [5.74, 6) is 5.51. The minimum atomic E-state index is -0.349. The van der Waals surface area contributed by atoms with Gasteiger partial charge in [-0.25, -0.2) is 0 Å². The fourth-order valence-electron chi connectivity index (χ4n) is 1.46. The third kappa shape index (κ3) is 2.10. The summed E-state index contributed by atoms with van der Waals surface area (Å²) in [6.07, 6.45) is 1.63. The second-order valence-electron chi connectivity index (χ2n) is 3.35. The Morgan fingerprint density at radius 3 is 2.94 bits per heavy atom. The molecule has 1 aromatic heterocycles. The van der Waals surface area contributed by atoms with Crippen molar-refractivity contribution in [3.05, 3.63) is 45.8 Å².